The summed E-state index contributed by atoms with van der Waals surface area (Å²) in [5, 5.41) is 0. The molecule has 12 heavy (non-hydrogen) atoms. The summed E-state index contributed by atoms with van der Waals surface area (Å²) >= 11 is 6.24. The molecule has 0 aromatic heterocycles. The Hall–Kier alpha value is 0.660. The molecular formula is C9H19NS2. The highest BCUT2D eigenvalue weighted by Crippen LogP contribution is 2.28. The molecule has 1 nitrogen and oxygen atoms in total. The maximum Gasteiger partial charge on any atom is 0.0591 e. The third-order valence-electron chi connectivity index (χ3n) is 2.41. The van der Waals surface area contributed by atoms with E-state index in [4.69, 9.17) is 0 Å². The molecule has 1 saturated carbocycles. The molecule has 0 bridgehead atoms. The molecule has 72 valence electrons. The summed E-state index contributed by atoms with van der Waals surface area (Å²) in [6.45, 7) is 2.13. The zero-order valence-electron chi connectivity index (χ0n) is 7.99. The van der Waals surface area contributed by atoms with Crippen LogP contribution in [0.3, 0.4) is 0 Å². The minimum absolute atomic E-state index is 0.428. The molecule has 1 aliphatic rings. The Morgan fingerprint density at radius 1 is 1.33 bits per heavy atom. The highest BCUT2D eigenvalue weighted by molar-refractivity contribution is 8.08. The van der Waals surface area contributed by atoms with Crippen molar-refractivity contribution in [2.75, 3.05) is 7.05 Å². The van der Waals surface area contributed by atoms with Crippen molar-refractivity contribution in [2.24, 2.45) is 0 Å². The van der Waals surface area contributed by atoms with E-state index in [9.17, 15) is 0 Å². The topological polar surface area (TPSA) is 3.24 Å². The molecule has 1 aliphatic carbocycles. The van der Waals surface area contributed by atoms with Gasteiger partial charge in [0.25, 0.3) is 0 Å². The predicted molar refractivity (Wildman–Crippen MR) is 60.7 cm³/mol. The van der Waals surface area contributed by atoms with Crippen molar-refractivity contribution in [1.82, 2.24) is 4.31 Å². The summed E-state index contributed by atoms with van der Waals surface area (Å²) < 4.78 is 2.83. The Labute approximate surface area is 85.8 Å². The lowest BCUT2D eigenvalue weighted by atomic mass is 9.96. The van der Waals surface area contributed by atoms with Crippen LogP contribution >= 0.6 is 24.6 Å². The van der Waals surface area contributed by atoms with Crippen LogP contribution in [0.1, 0.15) is 39.0 Å². The molecular weight excluding hydrogens is 186 g/mol. The molecule has 0 amide bonds. The van der Waals surface area contributed by atoms with Gasteiger partial charge in [-0.2, -0.15) is 12.6 Å². The smallest absolute Gasteiger partial charge is 0.0591 e. The zero-order valence-corrected chi connectivity index (χ0v) is 9.70. The summed E-state index contributed by atoms with van der Waals surface area (Å²) in [5.74, 6) is 0. The predicted octanol–water partition coefficient (Wildman–Crippen LogP) is 3.17. The first-order valence-electron chi connectivity index (χ1n) is 4.78. The Morgan fingerprint density at radius 2 is 1.92 bits per heavy atom. The van der Waals surface area contributed by atoms with Crippen molar-refractivity contribution in [3.8, 4) is 0 Å². The van der Waals surface area contributed by atoms with Crippen LogP contribution in [-0.4, -0.2) is 22.0 Å². The van der Waals surface area contributed by atoms with E-state index in [0.717, 1.165) is 6.04 Å². The minimum Gasteiger partial charge on any atom is -0.250 e. The second-order valence-corrected chi connectivity index (χ2v) is 6.16. The van der Waals surface area contributed by atoms with Crippen molar-refractivity contribution in [3.05, 3.63) is 0 Å². The lowest BCUT2D eigenvalue weighted by Gasteiger charge is -2.30. The molecule has 0 aromatic carbocycles. The maximum atomic E-state index is 4.38. The van der Waals surface area contributed by atoms with Crippen molar-refractivity contribution in [1.29, 1.82) is 0 Å². The number of rotatable bonds is 3. The van der Waals surface area contributed by atoms with Crippen LogP contribution in [0.4, 0.5) is 0 Å². The quantitative estimate of drug-likeness (QED) is 0.428. The Morgan fingerprint density at radius 3 is 2.42 bits per heavy atom. The van der Waals surface area contributed by atoms with Gasteiger partial charge >= 0.3 is 0 Å². The van der Waals surface area contributed by atoms with Gasteiger partial charge < -0.3 is 0 Å². The fourth-order valence-corrected chi connectivity index (χ4v) is 3.08. The fourth-order valence-electron chi connectivity index (χ4n) is 1.77. The van der Waals surface area contributed by atoms with E-state index in [0.29, 0.717) is 4.58 Å². The summed E-state index contributed by atoms with van der Waals surface area (Å²) in [7, 11) is 2.20. The maximum absolute atomic E-state index is 4.38. The summed E-state index contributed by atoms with van der Waals surface area (Å²) in [4.78, 5) is 0. The Kier molecular flexibility index (Phi) is 4.84. The van der Waals surface area contributed by atoms with Gasteiger partial charge in [0.2, 0.25) is 0 Å². The largest absolute Gasteiger partial charge is 0.250 e. The van der Waals surface area contributed by atoms with E-state index in [1.165, 1.54) is 32.1 Å². The highest BCUT2D eigenvalue weighted by Gasteiger charge is 2.18. The van der Waals surface area contributed by atoms with Crippen molar-refractivity contribution >= 4 is 24.6 Å². The van der Waals surface area contributed by atoms with Crippen LogP contribution in [0.15, 0.2) is 0 Å². The van der Waals surface area contributed by atoms with Crippen molar-refractivity contribution < 1.29 is 0 Å². The van der Waals surface area contributed by atoms with Gasteiger partial charge in [-0.15, -0.1) is 0 Å². The lowest BCUT2D eigenvalue weighted by molar-refractivity contribution is 0.305. The van der Waals surface area contributed by atoms with Crippen LogP contribution in [0.5, 0.6) is 0 Å². The van der Waals surface area contributed by atoms with E-state index in [2.05, 4.69) is 30.9 Å². The van der Waals surface area contributed by atoms with Gasteiger partial charge in [-0.1, -0.05) is 31.2 Å². The molecule has 0 aromatic rings. The SMILES string of the molecule is CC(S)SN(C)C1CCCCC1. The molecule has 1 fully saturated rings. The third kappa shape index (κ3) is 3.58. The molecule has 0 saturated heterocycles. The molecule has 1 atom stereocenters. The first kappa shape index (κ1) is 10.7. The number of hydrogen-bond acceptors (Lipinski definition) is 3. The standard InChI is InChI=1S/C9H19NS2/c1-8(11)12-10(2)9-6-4-3-5-7-9/h8-9,11H,3-7H2,1-2H3. The second-order valence-electron chi connectivity index (χ2n) is 3.54. The molecule has 3 heteroatoms. The third-order valence-corrected chi connectivity index (χ3v) is 3.63. The van der Waals surface area contributed by atoms with Crippen molar-refractivity contribution in [2.45, 2.75) is 49.7 Å². The van der Waals surface area contributed by atoms with Gasteiger partial charge in [0.15, 0.2) is 0 Å². The van der Waals surface area contributed by atoms with E-state index in [1.54, 1.807) is 0 Å². The van der Waals surface area contributed by atoms with Gasteiger partial charge in [0.05, 0.1) is 4.58 Å². The average Bonchev–Trinajstić information content (AvgIpc) is 2.05. The normalized spacial score (nSPS) is 23.0. The van der Waals surface area contributed by atoms with Gasteiger partial charge in [-0.25, -0.2) is 4.31 Å². The Balaban J connectivity index is 2.24. The lowest BCUT2D eigenvalue weighted by Crippen LogP contribution is -2.28. The highest BCUT2D eigenvalue weighted by atomic mass is 32.2. The Bertz CT molecular complexity index is 122. The van der Waals surface area contributed by atoms with E-state index < -0.39 is 0 Å². The fraction of sp³-hybridized carbons (Fsp3) is 1.00. The molecule has 0 spiro atoms. The van der Waals surface area contributed by atoms with Crippen LogP contribution in [0, 0.1) is 0 Å². The minimum atomic E-state index is 0.428. The first-order chi connectivity index (χ1) is 5.70. The summed E-state index contributed by atoms with van der Waals surface area (Å²) in [6.07, 6.45) is 7.02. The zero-order chi connectivity index (χ0) is 8.97. The molecule has 0 N–H and O–H groups in total. The van der Waals surface area contributed by atoms with Crippen LogP contribution in [0.25, 0.3) is 0 Å². The van der Waals surface area contributed by atoms with Crippen LogP contribution in [-0.2, 0) is 0 Å². The van der Waals surface area contributed by atoms with Crippen molar-refractivity contribution in [3.63, 3.8) is 0 Å². The van der Waals surface area contributed by atoms with Gasteiger partial charge in [-0.3, -0.25) is 0 Å². The van der Waals surface area contributed by atoms with E-state index >= 15 is 0 Å². The van der Waals surface area contributed by atoms with Gasteiger partial charge in [0.1, 0.15) is 0 Å². The number of hydrogen-bond donors (Lipinski definition) is 1. The molecule has 0 aliphatic heterocycles. The van der Waals surface area contributed by atoms with Crippen LogP contribution < -0.4 is 0 Å². The molecule has 1 unspecified atom stereocenters. The number of thiol groups is 1. The molecule has 0 radical (unpaired) electrons. The molecule has 1 rings (SSSR count). The van der Waals surface area contributed by atoms with Gasteiger partial charge in [0, 0.05) is 6.04 Å². The molecule has 0 heterocycles. The number of nitrogens with zero attached hydrogens (tertiary/aromatic N) is 1. The summed E-state index contributed by atoms with van der Waals surface area (Å²) in [5.41, 5.74) is 0. The van der Waals surface area contributed by atoms with Crippen LogP contribution in [0.2, 0.25) is 0 Å². The van der Waals surface area contributed by atoms with Gasteiger partial charge in [-0.05, 0) is 26.8 Å². The van der Waals surface area contributed by atoms with E-state index in [-0.39, 0.29) is 0 Å². The second kappa shape index (κ2) is 5.40. The monoisotopic (exact) mass is 205 g/mol. The average molecular weight is 205 g/mol. The summed E-state index contributed by atoms with van der Waals surface area (Å²) in [6, 6.07) is 0.804. The first-order valence-corrected chi connectivity index (χ1v) is 6.13. The van der Waals surface area contributed by atoms with E-state index in [1.807, 2.05) is 11.9 Å².